The molecular weight excluding hydrogens is 176 g/mol. The maximum atomic E-state index is 5.52. The molecule has 14 heavy (non-hydrogen) atoms. The van der Waals surface area contributed by atoms with E-state index in [1.807, 2.05) is 6.07 Å². The molecule has 2 nitrogen and oxygen atoms in total. The van der Waals surface area contributed by atoms with Gasteiger partial charge in [0.1, 0.15) is 13.2 Å². The molecule has 2 rings (SSSR count). The lowest BCUT2D eigenvalue weighted by Crippen LogP contribution is -2.15. The molecule has 1 aliphatic heterocycles. The fraction of sp³-hybridized carbons (Fsp3) is 0.500. The van der Waals surface area contributed by atoms with E-state index in [0.717, 1.165) is 17.9 Å². The number of fused-ring (bicyclic) bond motifs is 1. The molecule has 76 valence electrons. The van der Waals surface area contributed by atoms with Crippen molar-refractivity contribution in [1.29, 1.82) is 0 Å². The van der Waals surface area contributed by atoms with Crippen molar-refractivity contribution in [3.63, 3.8) is 0 Å². The van der Waals surface area contributed by atoms with Gasteiger partial charge in [-0.25, -0.2) is 0 Å². The highest BCUT2D eigenvalue weighted by molar-refractivity contribution is 5.43. The van der Waals surface area contributed by atoms with Gasteiger partial charge in [-0.1, -0.05) is 19.9 Å². The summed E-state index contributed by atoms with van der Waals surface area (Å²) in [6, 6.07) is 6.22. The second kappa shape index (κ2) is 3.91. The van der Waals surface area contributed by atoms with Crippen molar-refractivity contribution in [2.75, 3.05) is 13.2 Å². The van der Waals surface area contributed by atoms with Crippen molar-refractivity contribution >= 4 is 0 Å². The number of hydrogen-bond donors (Lipinski definition) is 0. The summed E-state index contributed by atoms with van der Waals surface area (Å²) in [5, 5.41) is 0. The van der Waals surface area contributed by atoms with Gasteiger partial charge in [0.25, 0.3) is 0 Å². The monoisotopic (exact) mass is 192 g/mol. The average Bonchev–Trinajstić information content (AvgIpc) is 2.17. The molecule has 1 aromatic rings. The third kappa shape index (κ3) is 2.00. The van der Waals surface area contributed by atoms with Gasteiger partial charge in [-0.05, 0) is 30.0 Å². The van der Waals surface area contributed by atoms with E-state index in [1.54, 1.807) is 0 Å². The van der Waals surface area contributed by atoms with Crippen LogP contribution in [0, 0.1) is 5.92 Å². The Kier molecular flexibility index (Phi) is 2.62. The summed E-state index contributed by atoms with van der Waals surface area (Å²) >= 11 is 0. The Morgan fingerprint density at radius 3 is 2.57 bits per heavy atom. The molecule has 0 unspecified atom stereocenters. The van der Waals surface area contributed by atoms with Crippen molar-refractivity contribution in [2.24, 2.45) is 5.92 Å². The molecular formula is C12H16O2. The van der Waals surface area contributed by atoms with E-state index in [4.69, 9.17) is 9.47 Å². The summed E-state index contributed by atoms with van der Waals surface area (Å²) in [5.41, 5.74) is 1.32. The van der Waals surface area contributed by atoms with Crippen LogP contribution in [0.25, 0.3) is 0 Å². The first-order chi connectivity index (χ1) is 6.75. The van der Waals surface area contributed by atoms with Gasteiger partial charge in [0, 0.05) is 0 Å². The molecule has 0 atom stereocenters. The molecule has 0 N–H and O–H groups in total. The Bertz CT molecular complexity index is 318. The number of rotatable bonds is 2. The SMILES string of the molecule is CC(C)Cc1ccc2c(c1)OCCO2. The first kappa shape index (κ1) is 9.38. The van der Waals surface area contributed by atoms with E-state index in [0.29, 0.717) is 19.1 Å². The highest BCUT2D eigenvalue weighted by Crippen LogP contribution is 2.31. The van der Waals surface area contributed by atoms with Crippen LogP contribution >= 0.6 is 0 Å². The molecule has 0 fully saturated rings. The molecule has 0 radical (unpaired) electrons. The summed E-state index contributed by atoms with van der Waals surface area (Å²) in [4.78, 5) is 0. The summed E-state index contributed by atoms with van der Waals surface area (Å²) < 4.78 is 11.0. The Morgan fingerprint density at radius 2 is 1.86 bits per heavy atom. The van der Waals surface area contributed by atoms with Crippen molar-refractivity contribution in [1.82, 2.24) is 0 Å². The van der Waals surface area contributed by atoms with Crippen LogP contribution in [-0.4, -0.2) is 13.2 Å². The van der Waals surface area contributed by atoms with Gasteiger partial charge in [-0.15, -0.1) is 0 Å². The second-order valence-corrected chi connectivity index (χ2v) is 4.08. The Morgan fingerprint density at radius 1 is 1.14 bits per heavy atom. The predicted molar refractivity (Wildman–Crippen MR) is 56.0 cm³/mol. The molecule has 0 spiro atoms. The van der Waals surface area contributed by atoms with Gasteiger partial charge in [0.05, 0.1) is 0 Å². The van der Waals surface area contributed by atoms with E-state index in [2.05, 4.69) is 26.0 Å². The van der Waals surface area contributed by atoms with Crippen LogP contribution in [0.15, 0.2) is 18.2 Å². The molecule has 0 bridgehead atoms. The fourth-order valence-electron chi connectivity index (χ4n) is 1.69. The minimum absolute atomic E-state index is 0.663. The van der Waals surface area contributed by atoms with E-state index in [-0.39, 0.29) is 0 Å². The molecule has 1 aromatic carbocycles. The standard InChI is InChI=1S/C12H16O2/c1-9(2)7-10-3-4-11-12(8-10)14-6-5-13-11/h3-4,8-9H,5-7H2,1-2H3. The smallest absolute Gasteiger partial charge is 0.161 e. The van der Waals surface area contributed by atoms with E-state index < -0.39 is 0 Å². The van der Waals surface area contributed by atoms with Crippen LogP contribution in [0.2, 0.25) is 0 Å². The lowest BCUT2D eigenvalue weighted by atomic mass is 10.0. The Balaban J connectivity index is 2.20. The third-order valence-electron chi connectivity index (χ3n) is 2.25. The zero-order valence-corrected chi connectivity index (χ0v) is 8.75. The van der Waals surface area contributed by atoms with Crippen LogP contribution in [0.4, 0.5) is 0 Å². The topological polar surface area (TPSA) is 18.5 Å². The van der Waals surface area contributed by atoms with E-state index in [9.17, 15) is 0 Å². The van der Waals surface area contributed by atoms with Crippen LogP contribution < -0.4 is 9.47 Å². The van der Waals surface area contributed by atoms with Crippen molar-refractivity contribution in [2.45, 2.75) is 20.3 Å². The van der Waals surface area contributed by atoms with Crippen LogP contribution in [0.1, 0.15) is 19.4 Å². The van der Waals surface area contributed by atoms with Crippen molar-refractivity contribution in [3.05, 3.63) is 23.8 Å². The molecule has 1 heterocycles. The summed E-state index contributed by atoms with van der Waals surface area (Å²) in [6.07, 6.45) is 1.09. The second-order valence-electron chi connectivity index (χ2n) is 4.08. The number of benzene rings is 1. The minimum Gasteiger partial charge on any atom is -0.486 e. The highest BCUT2D eigenvalue weighted by Gasteiger charge is 2.11. The third-order valence-corrected chi connectivity index (χ3v) is 2.25. The number of ether oxygens (including phenoxy) is 2. The van der Waals surface area contributed by atoms with Crippen LogP contribution in [0.3, 0.4) is 0 Å². The van der Waals surface area contributed by atoms with Gasteiger partial charge in [-0.2, -0.15) is 0 Å². The van der Waals surface area contributed by atoms with Gasteiger partial charge >= 0.3 is 0 Å². The van der Waals surface area contributed by atoms with E-state index in [1.165, 1.54) is 5.56 Å². The maximum Gasteiger partial charge on any atom is 0.161 e. The van der Waals surface area contributed by atoms with Gasteiger partial charge in [0.15, 0.2) is 11.5 Å². The first-order valence-corrected chi connectivity index (χ1v) is 5.14. The minimum atomic E-state index is 0.663. The van der Waals surface area contributed by atoms with Gasteiger partial charge in [-0.3, -0.25) is 0 Å². The number of hydrogen-bond acceptors (Lipinski definition) is 2. The Labute approximate surface area is 84.8 Å². The van der Waals surface area contributed by atoms with Crippen LogP contribution in [0.5, 0.6) is 11.5 Å². The van der Waals surface area contributed by atoms with Gasteiger partial charge < -0.3 is 9.47 Å². The summed E-state index contributed by atoms with van der Waals surface area (Å²) in [5.74, 6) is 2.45. The zero-order chi connectivity index (χ0) is 9.97. The first-order valence-electron chi connectivity index (χ1n) is 5.14. The molecule has 2 heteroatoms. The van der Waals surface area contributed by atoms with Crippen molar-refractivity contribution < 1.29 is 9.47 Å². The molecule has 0 saturated carbocycles. The zero-order valence-electron chi connectivity index (χ0n) is 8.75. The summed E-state index contributed by atoms with van der Waals surface area (Å²) in [7, 11) is 0. The lowest BCUT2D eigenvalue weighted by molar-refractivity contribution is 0.171. The molecule has 0 aliphatic carbocycles. The Hall–Kier alpha value is -1.18. The summed E-state index contributed by atoms with van der Waals surface area (Å²) in [6.45, 7) is 5.77. The van der Waals surface area contributed by atoms with Gasteiger partial charge in [0.2, 0.25) is 0 Å². The average molecular weight is 192 g/mol. The lowest BCUT2D eigenvalue weighted by Gasteiger charge is -2.19. The molecule has 0 saturated heterocycles. The molecule has 1 aliphatic rings. The largest absolute Gasteiger partial charge is 0.486 e. The highest BCUT2D eigenvalue weighted by atomic mass is 16.6. The van der Waals surface area contributed by atoms with E-state index >= 15 is 0 Å². The van der Waals surface area contributed by atoms with Crippen molar-refractivity contribution in [3.8, 4) is 11.5 Å². The quantitative estimate of drug-likeness (QED) is 0.717. The van der Waals surface area contributed by atoms with Crippen LogP contribution in [-0.2, 0) is 6.42 Å². The normalized spacial score (nSPS) is 14.5. The maximum absolute atomic E-state index is 5.52. The molecule has 0 aromatic heterocycles. The predicted octanol–water partition coefficient (Wildman–Crippen LogP) is 2.66. The fourth-order valence-corrected chi connectivity index (χ4v) is 1.69. The molecule has 0 amide bonds.